The lowest BCUT2D eigenvalue weighted by Gasteiger charge is -1.96. The maximum Gasteiger partial charge on any atom is 0.264 e. The van der Waals surface area contributed by atoms with Crippen LogP contribution in [-0.2, 0) is 14.3 Å². The van der Waals surface area contributed by atoms with Crippen molar-refractivity contribution >= 4 is 10.1 Å². The molecule has 0 amide bonds. The van der Waals surface area contributed by atoms with Gasteiger partial charge in [0.2, 0.25) is 0 Å². The van der Waals surface area contributed by atoms with Gasteiger partial charge in [0, 0.05) is 0 Å². The number of hydrogen-bond acceptors (Lipinski definition) is 3. The molecule has 0 saturated carbocycles. The van der Waals surface area contributed by atoms with Gasteiger partial charge in [0.25, 0.3) is 10.1 Å². The largest absolute Gasteiger partial charge is 0.270 e. The summed E-state index contributed by atoms with van der Waals surface area (Å²) in [6.07, 6.45) is 9.18. The minimum atomic E-state index is -3.26. The fourth-order valence-corrected chi connectivity index (χ4v) is 1.22. The molecule has 0 aromatic rings. The van der Waals surface area contributed by atoms with Crippen molar-refractivity contribution in [3.05, 3.63) is 12.2 Å². The second kappa shape index (κ2) is 7.09. The molecule has 0 saturated heterocycles. The van der Waals surface area contributed by atoms with Crippen molar-refractivity contribution in [2.75, 3.05) is 12.9 Å². The molecular weight excluding hydrogens is 188 g/mol. The van der Waals surface area contributed by atoms with E-state index in [-0.39, 0.29) is 6.61 Å². The van der Waals surface area contributed by atoms with Crippen molar-refractivity contribution in [2.24, 2.45) is 0 Å². The van der Waals surface area contributed by atoms with Crippen LogP contribution >= 0.6 is 0 Å². The highest BCUT2D eigenvalue weighted by Gasteiger charge is 1.97. The van der Waals surface area contributed by atoms with Crippen LogP contribution in [0.4, 0.5) is 0 Å². The number of unbranched alkanes of at least 4 members (excludes halogenated alkanes) is 2. The van der Waals surface area contributed by atoms with Gasteiger partial charge in [0.15, 0.2) is 0 Å². The van der Waals surface area contributed by atoms with E-state index in [9.17, 15) is 8.42 Å². The van der Waals surface area contributed by atoms with Gasteiger partial charge in [0.1, 0.15) is 0 Å². The average Bonchev–Trinajstić information content (AvgIpc) is 2.01. The standard InChI is InChI=1S/C9H18O3S/c1-3-4-5-6-7-8-9-12-13(2,10)11/h6-7H,3-5,8-9H2,1-2H3/b7-6-. The lowest BCUT2D eigenvalue weighted by Crippen LogP contribution is -2.02. The fraction of sp³-hybridized carbons (Fsp3) is 0.778. The van der Waals surface area contributed by atoms with E-state index in [1.165, 1.54) is 12.8 Å². The lowest BCUT2D eigenvalue weighted by molar-refractivity contribution is 0.328. The Morgan fingerprint density at radius 3 is 2.38 bits per heavy atom. The van der Waals surface area contributed by atoms with E-state index in [1.807, 2.05) is 6.08 Å². The molecule has 0 bridgehead atoms. The summed E-state index contributed by atoms with van der Waals surface area (Å²) < 4.78 is 25.6. The molecule has 78 valence electrons. The van der Waals surface area contributed by atoms with Gasteiger partial charge in [0.05, 0.1) is 12.9 Å². The lowest BCUT2D eigenvalue weighted by atomic mass is 10.2. The molecule has 0 aliphatic rings. The van der Waals surface area contributed by atoms with Crippen LogP contribution in [0.2, 0.25) is 0 Å². The highest BCUT2D eigenvalue weighted by molar-refractivity contribution is 7.85. The van der Waals surface area contributed by atoms with Gasteiger partial charge < -0.3 is 0 Å². The Morgan fingerprint density at radius 2 is 1.85 bits per heavy atom. The topological polar surface area (TPSA) is 43.4 Å². The predicted octanol–water partition coefficient (Wildman–Crippen LogP) is 2.10. The SMILES string of the molecule is CCCC/C=C\CCOS(C)(=O)=O. The quantitative estimate of drug-likeness (QED) is 0.364. The first-order valence-corrected chi connectivity index (χ1v) is 6.37. The third-order valence-corrected chi connectivity index (χ3v) is 2.07. The maximum absolute atomic E-state index is 10.5. The van der Waals surface area contributed by atoms with Crippen molar-refractivity contribution in [2.45, 2.75) is 32.6 Å². The Labute approximate surface area is 80.9 Å². The third-order valence-electron chi connectivity index (χ3n) is 1.47. The minimum Gasteiger partial charge on any atom is -0.270 e. The van der Waals surface area contributed by atoms with Crippen LogP contribution in [0.3, 0.4) is 0 Å². The van der Waals surface area contributed by atoms with Crippen LogP contribution in [0.25, 0.3) is 0 Å². The average molecular weight is 206 g/mol. The Bertz CT molecular complexity index is 229. The summed E-state index contributed by atoms with van der Waals surface area (Å²) in [4.78, 5) is 0. The summed E-state index contributed by atoms with van der Waals surface area (Å²) in [6, 6.07) is 0. The molecule has 0 aromatic carbocycles. The molecule has 0 fully saturated rings. The fourth-order valence-electron chi connectivity index (χ4n) is 0.825. The second-order valence-corrected chi connectivity index (χ2v) is 4.57. The smallest absolute Gasteiger partial charge is 0.264 e. The van der Waals surface area contributed by atoms with Gasteiger partial charge in [-0.05, 0) is 12.8 Å². The molecule has 0 heterocycles. The zero-order chi connectivity index (χ0) is 10.2. The Morgan fingerprint density at radius 1 is 1.23 bits per heavy atom. The van der Waals surface area contributed by atoms with Gasteiger partial charge >= 0.3 is 0 Å². The van der Waals surface area contributed by atoms with E-state index in [4.69, 9.17) is 0 Å². The maximum atomic E-state index is 10.5. The van der Waals surface area contributed by atoms with E-state index in [1.54, 1.807) is 0 Å². The van der Waals surface area contributed by atoms with Crippen LogP contribution in [0.5, 0.6) is 0 Å². The highest BCUT2D eigenvalue weighted by Crippen LogP contribution is 1.97. The Hall–Kier alpha value is -0.350. The second-order valence-electron chi connectivity index (χ2n) is 2.93. The van der Waals surface area contributed by atoms with Crippen LogP contribution in [0.1, 0.15) is 32.6 Å². The van der Waals surface area contributed by atoms with Gasteiger partial charge in [-0.25, -0.2) is 0 Å². The van der Waals surface area contributed by atoms with Gasteiger partial charge in [-0.1, -0.05) is 31.9 Å². The minimum absolute atomic E-state index is 0.251. The molecule has 4 heteroatoms. The third kappa shape index (κ3) is 11.7. The first-order chi connectivity index (χ1) is 6.06. The molecule has 0 N–H and O–H groups in total. The number of hydrogen-bond donors (Lipinski definition) is 0. The molecule has 0 spiro atoms. The number of rotatable bonds is 7. The molecule has 3 nitrogen and oxygen atoms in total. The van der Waals surface area contributed by atoms with Gasteiger partial charge in [-0.3, -0.25) is 4.18 Å². The number of allylic oxidation sites excluding steroid dienone is 1. The van der Waals surface area contributed by atoms with Crippen molar-refractivity contribution in [3.63, 3.8) is 0 Å². The molecular formula is C9H18O3S. The van der Waals surface area contributed by atoms with Gasteiger partial charge in [-0.2, -0.15) is 8.42 Å². The molecule has 0 radical (unpaired) electrons. The summed E-state index contributed by atoms with van der Waals surface area (Å²) in [5.74, 6) is 0. The van der Waals surface area contributed by atoms with Crippen molar-refractivity contribution in [1.29, 1.82) is 0 Å². The Kier molecular flexibility index (Phi) is 6.90. The highest BCUT2D eigenvalue weighted by atomic mass is 32.2. The molecule has 0 unspecified atom stereocenters. The summed E-state index contributed by atoms with van der Waals surface area (Å²) in [7, 11) is -3.26. The summed E-state index contributed by atoms with van der Waals surface area (Å²) in [5.41, 5.74) is 0. The molecule has 0 aromatic heterocycles. The molecule has 0 atom stereocenters. The Balaban J connectivity index is 3.30. The molecule has 0 aliphatic heterocycles. The van der Waals surface area contributed by atoms with Crippen LogP contribution in [-0.4, -0.2) is 21.3 Å². The summed E-state index contributed by atoms with van der Waals surface area (Å²) in [6.45, 7) is 2.39. The van der Waals surface area contributed by atoms with Crippen molar-refractivity contribution in [1.82, 2.24) is 0 Å². The molecule has 0 rings (SSSR count). The molecule has 0 aliphatic carbocycles. The summed E-state index contributed by atoms with van der Waals surface area (Å²) in [5, 5.41) is 0. The van der Waals surface area contributed by atoms with E-state index in [2.05, 4.69) is 17.2 Å². The van der Waals surface area contributed by atoms with E-state index < -0.39 is 10.1 Å². The normalized spacial score (nSPS) is 12.5. The summed E-state index contributed by atoms with van der Waals surface area (Å²) >= 11 is 0. The van der Waals surface area contributed by atoms with Crippen LogP contribution in [0.15, 0.2) is 12.2 Å². The molecule has 13 heavy (non-hydrogen) atoms. The van der Waals surface area contributed by atoms with Crippen molar-refractivity contribution < 1.29 is 12.6 Å². The van der Waals surface area contributed by atoms with E-state index >= 15 is 0 Å². The zero-order valence-corrected chi connectivity index (χ0v) is 9.14. The van der Waals surface area contributed by atoms with Crippen LogP contribution in [0, 0.1) is 0 Å². The van der Waals surface area contributed by atoms with Crippen molar-refractivity contribution in [3.8, 4) is 0 Å². The first-order valence-electron chi connectivity index (χ1n) is 4.55. The van der Waals surface area contributed by atoms with E-state index in [0.717, 1.165) is 12.7 Å². The predicted molar refractivity (Wildman–Crippen MR) is 54.1 cm³/mol. The zero-order valence-electron chi connectivity index (χ0n) is 8.32. The monoisotopic (exact) mass is 206 g/mol. The first kappa shape index (κ1) is 12.7. The van der Waals surface area contributed by atoms with Crippen LogP contribution < -0.4 is 0 Å². The van der Waals surface area contributed by atoms with E-state index in [0.29, 0.717) is 6.42 Å². The van der Waals surface area contributed by atoms with Gasteiger partial charge in [-0.15, -0.1) is 0 Å².